The van der Waals surface area contributed by atoms with Gasteiger partial charge >= 0.3 is 0 Å². The zero-order valence-electron chi connectivity index (χ0n) is 19.0. The molecule has 172 valence electrons. The molecule has 2 aliphatic rings. The predicted octanol–water partition coefficient (Wildman–Crippen LogP) is 1.73. The molecule has 2 aromatic heterocycles. The number of likely N-dealkylation sites (tertiary alicyclic amines) is 1. The van der Waals surface area contributed by atoms with Gasteiger partial charge in [-0.25, -0.2) is 0 Å². The van der Waals surface area contributed by atoms with Crippen LogP contribution in [-0.4, -0.2) is 65.2 Å². The highest BCUT2D eigenvalue weighted by Crippen LogP contribution is 2.50. The molecule has 0 aromatic carbocycles. The number of nitrogens with zero attached hydrogens (tertiary/aromatic N) is 4. The number of hydrogen-bond donors (Lipinski definition) is 1. The average Bonchev–Trinajstić information content (AvgIpc) is 3.45. The fraction of sp³-hybridized carbons (Fsp3) is 0.591. The second-order valence-corrected chi connectivity index (χ2v) is 8.89. The third-order valence-corrected chi connectivity index (χ3v) is 6.45. The average molecular weight is 444 g/mol. The maximum absolute atomic E-state index is 13.0. The Labute approximate surface area is 186 Å². The molecule has 3 unspecified atom stereocenters. The highest BCUT2D eigenvalue weighted by Gasteiger charge is 2.58. The maximum Gasteiger partial charge on any atom is 0.256 e. The molecule has 2 aromatic rings. The Kier molecular flexibility index (Phi) is 5.79. The van der Waals surface area contributed by atoms with Crippen LogP contribution in [0.1, 0.15) is 48.8 Å². The lowest BCUT2D eigenvalue weighted by Crippen LogP contribution is -2.40. The summed E-state index contributed by atoms with van der Waals surface area (Å²) in [7, 11) is 2.97. The van der Waals surface area contributed by atoms with Gasteiger partial charge < -0.3 is 24.2 Å². The Hall–Kier alpha value is -3.17. The smallest absolute Gasteiger partial charge is 0.256 e. The highest BCUT2D eigenvalue weighted by molar-refractivity contribution is 5.96. The molecule has 10 nitrogen and oxygen atoms in total. The lowest BCUT2D eigenvalue weighted by Gasteiger charge is -2.26. The topological polar surface area (TPSA) is 120 Å². The number of pyridine rings is 1. The fourth-order valence-corrected chi connectivity index (χ4v) is 4.97. The maximum atomic E-state index is 13.0. The first-order chi connectivity index (χ1) is 15.3. The van der Waals surface area contributed by atoms with Crippen LogP contribution < -0.4 is 14.8 Å². The summed E-state index contributed by atoms with van der Waals surface area (Å²) in [6, 6.07) is 3.15. The molecule has 0 bridgehead atoms. The zero-order chi connectivity index (χ0) is 23.0. The van der Waals surface area contributed by atoms with Gasteiger partial charge in [0.15, 0.2) is 5.82 Å². The van der Waals surface area contributed by atoms with Crippen LogP contribution in [0.25, 0.3) is 0 Å². The molecule has 1 aliphatic heterocycles. The number of aryl methyl sites for hydroxylation is 1. The Bertz CT molecular complexity index is 1020. The first kappa shape index (κ1) is 22.0. The summed E-state index contributed by atoms with van der Waals surface area (Å²) in [5.41, 5.74) is -0.129. The Balaban J connectivity index is 1.55. The second-order valence-electron chi connectivity index (χ2n) is 8.89. The summed E-state index contributed by atoms with van der Waals surface area (Å²) >= 11 is 0. The number of ether oxygens (including phenoxy) is 2. The van der Waals surface area contributed by atoms with Crippen molar-refractivity contribution in [3.05, 3.63) is 29.4 Å². The van der Waals surface area contributed by atoms with Crippen LogP contribution in [0.2, 0.25) is 0 Å². The van der Waals surface area contributed by atoms with Crippen molar-refractivity contribution in [3.63, 3.8) is 0 Å². The number of hydrogen-bond acceptors (Lipinski definition) is 8. The zero-order valence-corrected chi connectivity index (χ0v) is 19.0. The molecule has 2 fully saturated rings. The van der Waals surface area contributed by atoms with Crippen molar-refractivity contribution in [2.24, 2.45) is 11.8 Å². The Morgan fingerprint density at radius 3 is 2.66 bits per heavy atom. The number of amides is 2. The van der Waals surface area contributed by atoms with E-state index in [1.54, 1.807) is 19.1 Å². The van der Waals surface area contributed by atoms with Crippen LogP contribution in [0.4, 0.5) is 0 Å². The fourth-order valence-electron chi connectivity index (χ4n) is 4.97. The van der Waals surface area contributed by atoms with E-state index in [0.29, 0.717) is 49.1 Å². The van der Waals surface area contributed by atoms with Gasteiger partial charge in [-0.15, -0.1) is 0 Å². The number of methoxy groups -OCH3 is 2. The van der Waals surface area contributed by atoms with Gasteiger partial charge in [-0.3, -0.25) is 9.59 Å². The van der Waals surface area contributed by atoms with Crippen LogP contribution in [0, 0.1) is 18.8 Å². The molecule has 3 atom stereocenters. The van der Waals surface area contributed by atoms with E-state index in [1.165, 1.54) is 14.2 Å². The number of carbonyl (C=O) groups excluding carboxylic acids is 2. The van der Waals surface area contributed by atoms with Crippen LogP contribution in [0.15, 0.2) is 16.7 Å². The van der Waals surface area contributed by atoms with Crippen molar-refractivity contribution in [3.8, 4) is 11.8 Å². The molecule has 2 amide bonds. The first-order valence-electron chi connectivity index (χ1n) is 10.8. The van der Waals surface area contributed by atoms with Crippen LogP contribution in [-0.2, 0) is 10.2 Å². The number of carbonyl (C=O) groups is 2. The van der Waals surface area contributed by atoms with E-state index >= 15 is 0 Å². The Morgan fingerprint density at radius 2 is 2.03 bits per heavy atom. The molecule has 0 radical (unpaired) electrons. The molecule has 1 N–H and O–H groups in total. The molecular formula is C22H29N5O5. The van der Waals surface area contributed by atoms with Crippen LogP contribution in [0.3, 0.4) is 0 Å². The third kappa shape index (κ3) is 3.78. The van der Waals surface area contributed by atoms with Gasteiger partial charge in [-0.05, 0) is 31.7 Å². The number of aromatic nitrogens is 3. The van der Waals surface area contributed by atoms with Gasteiger partial charge in [-0.2, -0.15) is 9.97 Å². The standard InChI is InChI=1S/C22H29N5O5/c1-12(2)20(29)27-10-14-8-15(9-22(14,11-27)21-23-13(3)26-32-21)24-18(28)16-6-7-17(30-4)25-19(16)31-5/h6-7,12,14-15H,8-11H2,1-5H3,(H,24,28). The van der Waals surface area contributed by atoms with E-state index in [2.05, 4.69) is 20.4 Å². The molecule has 0 spiro atoms. The van der Waals surface area contributed by atoms with Crippen LogP contribution in [0.5, 0.6) is 11.8 Å². The van der Waals surface area contributed by atoms with Gasteiger partial charge in [0.2, 0.25) is 23.6 Å². The molecular weight excluding hydrogens is 414 g/mol. The molecule has 32 heavy (non-hydrogen) atoms. The van der Waals surface area contributed by atoms with Crippen molar-refractivity contribution in [1.29, 1.82) is 0 Å². The third-order valence-electron chi connectivity index (χ3n) is 6.45. The first-order valence-corrected chi connectivity index (χ1v) is 10.8. The highest BCUT2D eigenvalue weighted by atomic mass is 16.5. The molecule has 1 aliphatic carbocycles. The van der Waals surface area contributed by atoms with Crippen molar-refractivity contribution in [2.75, 3.05) is 27.3 Å². The van der Waals surface area contributed by atoms with E-state index in [9.17, 15) is 9.59 Å². The normalized spacial score (nSPS) is 24.5. The molecule has 4 rings (SSSR count). The lowest BCUT2D eigenvalue weighted by molar-refractivity contribution is -0.133. The number of nitrogens with one attached hydrogen (secondary N) is 1. The van der Waals surface area contributed by atoms with Gasteiger partial charge in [0.05, 0.1) is 19.6 Å². The summed E-state index contributed by atoms with van der Waals surface area (Å²) in [6.45, 7) is 6.70. The van der Waals surface area contributed by atoms with Gasteiger partial charge in [-0.1, -0.05) is 19.0 Å². The van der Waals surface area contributed by atoms with Gasteiger partial charge in [0.25, 0.3) is 5.91 Å². The molecule has 3 heterocycles. The quantitative estimate of drug-likeness (QED) is 0.717. The van der Waals surface area contributed by atoms with E-state index in [1.807, 2.05) is 18.7 Å². The second kappa shape index (κ2) is 8.40. The molecule has 10 heteroatoms. The van der Waals surface area contributed by atoms with E-state index in [4.69, 9.17) is 14.0 Å². The Morgan fingerprint density at radius 1 is 1.25 bits per heavy atom. The van der Waals surface area contributed by atoms with Crippen molar-refractivity contribution < 1.29 is 23.6 Å². The summed E-state index contributed by atoms with van der Waals surface area (Å²) in [6.07, 6.45) is 1.32. The van der Waals surface area contributed by atoms with Gasteiger partial charge in [0, 0.05) is 31.1 Å². The summed E-state index contributed by atoms with van der Waals surface area (Å²) < 4.78 is 16.0. The largest absolute Gasteiger partial charge is 0.481 e. The van der Waals surface area contributed by atoms with Crippen molar-refractivity contribution in [2.45, 2.75) is 45.1 Å². The number of fused-ring (bicyclic) bond motifs is 1. The van der Waals surface area contributed by atoms with Crippen molar-refractivity contribution in [1.82, 2.24) is 25.3 Å². The lowest BCUT2D eigenvalue weighted by atomic mass is 9.80. The summed E-state index contributed by atoms with van der Waals surface area (Å²) in [5.74, 6) is 1.55. The number of rotatable bonds is 6. The predicted molar refractivity (Wildman–Crippen MR) is 113 cm³/mol. The minimum Gasteiger partial charge on any atom is -0.481 e. The van der Waals surface area contributed by atoms with E-state index in [-0.39, 0.29) is 35.6 Å². The summed E-state index contributed by atoms with van der Waals surface area (Å²) in [4.78, 5) is 36.3. The minimum atomic E-state index is -0.466. The van der Waals surface area contributed by atoms with Gasteiger partial charge in [0.1, 0.15) is 5.56 Å². The minimum absolute atomic E-state index is 0.0826. The van der Waals surface area contributed by atoms with Crippen LogP contribution >= 0.6 is 0 Å². The molecule has 1 saturated heterocycles. The van der Waals surface area contributed by atoms with E-state index in [0.717, 1.165) is 0 Å². The van der Waals surface area contributed by atoms with E-state index < -0.39 is 5.41 Å². The monoisotopic (exact) mass is 443 g/mol. The summed E-state index contributed by atoms with van der Waals surface area (Å²) in [5, 5.41) is 7.09. The SMILES string of the molecule is COc1ccc(C(=O)NC2CC3CN(C(=O)C(C)C)CC3(c3nc(C)no3)C2)c(OC)n1. The van der Waals surface area contributed by atoms with Crippen molar-refractivity contribution >= 4 is 11.8 Å². The molecule has 1 saturated carbocycles.